The number of aromatic nitrogens is 6. The summed E-state index contributed by atoms with van der Waals surface area (Å²) < 4.78 is 10.8. The summed E-state index contributed by atoms with van der Waals surface area (Å²) in [6.45, 7) is 0.755. The summed E-state index contributed by atoms with van der Waals surface area (Å²) >= 11 is 0. The largest absolute Gasteiger partial charge is 0.372 e. The molecular formula is C17H16N6O2. The third-order valence-corrected chi connectivity index (χ3v) is 4.73. The van der Waals surface area contributed by atoms with Crippen molar-refractivity contribution in [3.63, 3.8) is 0 Å². The number of hydrogen-bond donors (Lipinski definition) is 0. The zero-order chi connectivity index (χ0) is 17.0. The monoisotopic (exact) mass is 336 g/mol. The predicted molar refractivity (Wildman–Crippen MR) is 90.8 cm³/mol. The van der Waals surface area contributed by atoms with Gasteiger partial charge in [-0.1, -0.05) is 17.3 Å². The van der Waals surface area contributed by atoms with Crippen molar-refractivity contribution in [2.45, 2.75) is 18.9 Å². The van der Waals surface area contributed by atoms with Gasteiger partial charge in [-0.05, 0) is 25.0 Å². The number of benzene rings is 1. The Morgan fingerprint density at radius 1 is 1.28 bits per heavy atom. The first kappa shape index (κ1) is 14.4. The molecule has 5 rings (SSSR count). The van der Waals surface area contributed by atoms with Gasteiger partial charge in [0, 0.05) is 13.7 Å². The van der Waals surface area contributed by atoms with Gasteiger partial charge in [0.1, 0.15) is 18.1 Å². The number of fused-ring (bicyclic) bond motifs is 3. The minimum atomic E-state index is -0.0654. The first-order chi connectivity index (χ1) is 12.2. The van der Waals surface area contributed by atoms with Crippen molar-refractivity contribution in [2.24, 2.45) is 7.05 Å². The molecular weight excluding hydrogens is 320 g/mol. The molecule has 1 aliphatic heterocycles. The maximum Gasteiger partial charge on any atom is 0.261 e. The van der Waals surface area contributed by atoms with E-state index in [-0.39, 0.29) is 11.7 Å². The van der Waals surface area contributed by atoms with E-state index in [0.717, 1.165) is 30.7 Å². The average molecular weight is 336 g/mol. The van der Waals surface area contributed by atoms with Crippen molar-refractivity contribution < 1.29 is 4.74 Å². The van der Waals surface area contributed by atoms with E-state index >= 15 is 0 Å². The fourth-order valence-electron chi connectivity index (χ4n) is 3.46. The van der Waals surface area contributed by atoms with Crippen molar-refractivity contribution in [1.82, 2.24) is 28.9 Å². The summed E-state index contributed by atoms with van der Waals surface area (Å²) in [5.74, 6) is 0.571. The zero-order valence-electron chi connectivity index (χ0n) is 13.7. The zero-order valence-corrected chi connectivity index (χ0v) is 13.7. The Labute approximate surface area is 142 Å². The molecule has 4 aromatic rings. The molecule has 1 fully saturated rings. The van der Waals surface area contributed by atoms with E-state index in [1.165, 1.54) is 0 Å². The Morgan fingerprint density at radius 2 is 2.16 bits per heavy atom. The first-order valence-corrected chi connectivity index (χ1v) is 8.23. The van der Waals surface area contributed by atoms with E-state index in [1.807, 2.05) is 34.9 Å². The molecule has 0 spiro atoms. The van der Waals surface area contributed by atoms with Crippen LogP contribution in [0.1, 0.15) is 24.6 Å². The molecule has 0 saturated carbocycles. The van der Waals surface area contributed by atoms with Gasteiger partial charge in [-0.15, -0.1) is 5.10 Å². The normalized spacial score (nSPS) is 17.7. The molecule has 126 valence electrons. The van der Waals surface area contributed by atoms with Crippen LogP contribution in [0, 0.1) is 0 Å². The SMILES string of the molecule is Cn1c(=O)c2ccccc2n2cnc(-n3cc(C4CCCO4)nn3)c12. The Morgan fingerprint density at radius 3 is 3.00 bits per heavy atom. The standard InChI is InChI=1S/C17H16N6O2/c1-21-16-15(23-9-12(19-20-23)14-7-4-8-25-14)18-10-22(16)13-6-3-2-5-11(13)17(21)24/h2-3,5-6,9-10,14H,4,7-8H2,1H3. The molecule has 1 saturated heterocycles. The quantitative estimate of drug-likeness (QED) is 0.556. The summed E-state index contributed by atoms with van der Waals surface area (Å²) in [6, 6.07) is 7.50. The van der Waals surface area contributed by atoms with E-state index in [0.29, 0.717) is 16.9 Å². The van der Waals surface area contributed by atoms with Gasteiger partial charge in [0.05, 0.1) is 17.1 Å². The summed E-state index contributed by atoms with van der Waals surface area (Å²) in [7, 11) is 1.74. The van der Waals surface area contributed by atoms with Gasteiger partial charge >= 0.3 is 0 Å². The second-order valence-electron chi connectivity index (χ2n) is 6.23. The predicted octanol–water partition coefficient (Wildman–Crippen LogP) is 1.62. The van der Waals surface area contributed by atoms with Gasteiger partial charge in [0.2, 0.25) is 0 Å². The van der Waals surface area contributed by atoms with Crippen molar-refractivity contribution in [3.05, 3.63) is 52.8 Å². The number of rotatable bonds is 2. The molecule has 8 nitrogen and oxygen atoms in total. The van der Waals surface area contributed by atoms with Crippen LogP contribution in [-0.2, 0) is 11.8 Å². The van der Waals surface area contributed by atoms with E-state index in [4.69, 9.17) is 4.74 Å². The average Bonchev–Trinajstić information content (AvgIpc) is 3.38. The molecule has 0 amide bonds. The highest BCUT2D eigenvalue weighted by Crippen LogP contribution is 2.27. The van der Waals surface area contributed by atoms with Gasteiger partial charge in [-0.2, -0.15) is 4.68 Å². The van der Waals surface area contributed by atoms with E-state index < -0.39 is 0 Å². The number of para-hydroxylation sites is 1. The Hall–Kier alpha value is -3.00. The maximum atomic E-state index is 12.7. The highest BCUT2D eigenvalue weighted by molar-refractivity contribution is 5.82. The van der Waals surface area contributed by atoms with Crippen LogP contribution in [0.4, 0.5) is 0 Å². The van der Waals surface area contributed by atoms with Crippen LogP contribution in [0.25, 0.3) is 22.4 Å². The minimum absolute atomic E-state index is 0.00715. The Kier molecular flexibility index (Phi) is 3.01. The van der Waals surface area contributed by atoms with E-state index in [1.54, 1.807) is 22.6 Å². The van der Waals surface area contributed by atoms with Crippen LogP contribution < -0.4 is 5.56 Å². The molecule has 0 aliphatic carbocycles. The number of aryl methyl sites for hydroxylation is 1. The molecule has 1 aromatic carbocycles. The number of imidazole rings is 1. The fourth-order valence-corrected chi connectivity index (χ4v) is 3.46. The van der Waals surface area contributed by atoms with Crippen molar-refractivity contribution >= 4 is 16.6 Å². The lowest BCUT2D eigenvalue weighted by Crippen LogP contribution is -2.20. The molecule has 0 bridgehead atoms. The Bertz CT molecular complexity index is 1150. The third kappa shape index (κ3) is 2.04. The lowest BCUT2D eigenvalue weighted by atomic mass is 10.2. The van der Waals surface area contributed by atoms with Crippen LogP contribution in [0.3, 0.4) is 0 Å². The second-order valence-corrected chi connectivity index (χ2v) is 6.23. The van der Waals surface area contributed by atoms with Gasteiger partial charge in [0.25, 0.3) is 5.56 Å². The third-order valence-electron chi connectivity index (χ3n) is 4.73. The summed E-state index contributed by atoms with van der Waals surface area (Å²) in [6.07, 6.45) is 5.52. The lowest BCUT2D eigenvalue weighted by molar-refractivity contribution is 0.108. The van der Waals surface area contributed by atoms with Gasteiger partial charge < -0.3 is 4.74 Å². The molecule has 1 aliphatic rings. The maximum absolute atomic E-state index is 12.7. The second kappa shape index (κ2) is 5.25. The van der Waals surface area contributed by atoms with Crippen LogP contribution in [0.5, 0.6) is 0 Å². The van der Waals surface area contributed by atoms with Gasteiger partial charge in [-0.3, -0.25) is 13.8 Å². The van der Waals surface area contributed by atoms with Crippen LogP contribution in [-0.4, -0.2) is 35.6 Å². The molecule has 1 unspecified atom stereocenters. The molecule has 1 atom stereocenters. The topological polar surface area (TPSA) is 79.2 Å². The number of ether oxygens (including phenoxy) is 1. The molecule has 25 heavy (non-hydrogen) atoms. The summed E-state index contributed by atoms with van der Waals surface area (Å²) in [5, 5.41) is 9.08. The van der Waals surface area contributed by atoms with Gasteiger partial charge in [0.15, 0.2) is 11.5 Å². The molecule has 4 heterocycles. The minimum Gasteiger partial charge on any atom is -0.372 e. The number of hydrogen-bond acceptors (Lipinski definition) is 5. The number of nitrogens with zero attached hydrogens (tertiary/aromatic N) is 6. The highest BCUT2D eigenvalue weighted by atomic mass is 16.5. The van der Waals surface area contributed by atoms with Crippen molar-refractivity contribution in [2.75, 3.05) is 6.61 Å². The van der Waals surface area contributed by atoms with Crippen molar-refractivity contribution in [3.8, 4) is 5.82 Å². The Balaban J connectivity index is 1.74. The van der Waals surface area contributed by atoms with Crippen LogP contribution >= 0.6 is 0 Å². The fraction of sp³-hybridized carbons (Fsp3) is 0.294. The van der Waals surface area contributed by atoms with Crippen LogP contribution in [0.15, 0.2) is 41.6 Å². The lowest BCUT2D eigenvalue weighted by Gasteiger charge is -2.08. The van der Waals surface area contributed by atoms with Crippen LogP contribution in [0.2, 0.25) is 0 Å². The highest BCUT2D eigenvalue weighted by Gasteiger charge is 2.22. The molecule has 0 N–H and O–H groups in total. The van der Waals surface area contributed by atoms with Gasteiger partial charge in [-0.25, -0.2) is 4.98 Å². The van der Waals surface area contributed by atoms with Crippen molar-refractivity contribution in [1.29, 1.82) is 0 Å². The first-order valence-electron chi connectivity index (χ1n) is 8.23. The van der Waals surface area contributed by atoms with E-state index in [2.05, 4.69) is 15.3 Å². The smallest absolute Gasteiger partial charge is 0.261 e. The van der Waals surface area contributed by atoms with E-state index in [9.17, 15) is 4.79 Å². The molecule has 3 aromatic heterocycles. The summed E-state index contributed by atoms with van der Waals surface area (Å²) in [5.41, 5.74) is 2.22. The molecule has 8 heteroatoms. The summed E-state index contributed by atoms with van der Waals surface area (Å²) in [4.78, 5) is 17.2. The molecule has 0 radical (unpaired) electrons.